The zero-order valence-electron chi connectivity index (χ0n) is 16.6. The molecule has 2 amide bonds. The van der Waals surface area contributed by atoms with Crippen LogP contribution in [0.1, 0.15) is 44.9 Å². The Morgan fingerprint density at radius 3 is 2.61 bits per heavy atom. The number of hydrogen-bond donors (Lipinski definition) is 1. The highest BCUT2D eigenvalue weighted by atomic mass is 16.5. The van der Waals surface area contributed by atoms with Crippen molar-refractivity contribution in [3.05, 3.63) is 41.7 Å². The van der Waals surface area contributed by atoms with Gasteiger partial charge in [0.25, 0.3) is 0 Å². The molecule has 4 rings (SSSR count). The maximum Gasteiger partial charge on any atom is 0.239 e. The number of carbonyl (C=O) groups is 2. The van der Waals surface area contributed by atoms with Gasteiger partial charge in [0.1, 0.15) is 24.6 Å². The molecule has 8 nitrogen and oxygen atoms in total. The minimum absolute atomic E-state index is 0.0387. The van der Waals surface area contributed by atoms with Gasteiger partial charge in [0.05, 0.1) is 6.20 Å². The topological polar surface area (TPSA) is 89.3 Å². The van der Waals surface area contributed by atoms with Gasteiger partial charge in [-0.1, -0.05) is 17.3 Å². The normalized spacial score (nSPS) is 16.9. The molecular weight excluding hydrogens is 358 g/mol. The van der Waals surface area contributed by atoms with Crippen molar-refractivity contribution in [2.45, 2.75) is 58.8 Å². The Morgan fingerprint density at radius 2 is 1.89 bits per heavy atom. The molecule has 0 atom stereocenters. The summed E-state index contributed by atoms with van der Waals surface area (Å²) in [6, 6.07) is 7.53. The number of aryl methyl sites for hydroxylation is 1. The van der Waals surface area contributed by atoms with Crippen LogP contribution >= 0.6 is 0 Å². The van der Waals surface area contributed by atoms with Crippen molar-refractivity contribution in [3.63, 3.8) is 0 Å². The monoisotopic (exact) mass is 385 g/mol. The third kappa shape index (κ3) is 5.31. The summed E-state index contributed by atoms with van der Waals surface area (Å²) < 4.78 is 7.44. The van der Waals surface area contributed by atoms with Crippen LogP contribution in [0, 0.1) is 0 Å². The molecule has 3 heterocycles. The van der Waals surface area contributed by atoms with Crippen LogP contribution in [-0.2, 0) is 29.3 Å². The Bertz CT molecular complexity index is 823. The van der Waals surface area contributed by atoms with Gasteiger partial charge in [-0.2, -0.15) is 0 Å². The summed E-state index contributed by atoms with van der Waals surface area (Å²) >= 11 is 0. The summed E-state index contributed by atoms with van der Waals surface area (Å²) in [5.41, 5.74) is 1.26. The molecule has 0 saturated heterocycles. The number of aromatic nitrogens is 3. The number of nitrogens with zero attached hydrogens (tertiary/aromatic N) is 4. The van der Waals surface area contributed by atoms with Crippen molar-refractivity contribution >= 4 is 11.8 Å². The van der Waals surface area contributed by atoms with Crippen molar-refractivity contribution in [3.8, 4) is 5.75 Å². The molecule has 28 heavy (non-hydrogen) atoms. The number of rotatable bonds is 0. The van der Waals surface area contributed by atoms with Crippen LogP contribution in [0.25, 0.3) is 0 Å². The fourth-order valence-electron chi connectivity index (χ4n) is 3.00. The first-order valence-corrected chi connectivity index (χ1v) is 9.49. The van der Waals surface area contributed by atoms with E-state index in [0.717, 1.165) is 17.0 Å². The van der Waals surface area contributed by atoms with Gasteiger partial charge in [0.15, 0.2) is 0 Å². The van der Waals surface area contributed by atoms with Gasteiger partial charge < -0.3 is 15.0 Å². The maximum absolute atomic E-state index is 12.7. The molecule has 2 aliphatic heterocycles. The molecule has 150 valence electrons. The largest absolute Gasteiger partial charge is 0.487 e. The zero-order chi connectivity index (χ0) is 20.1. The van der Waals surface area contributed by atoms with Crippen LogP contribution in [0.3, 0.4) is 0 Å². The summed E-state index contributed by atoms with van der Waals surface area (Å²) in [6.07, 6.45) is 2.80. The van der Waals surface area contributed by atoms with Gasteiger partial charge >= 0.3 is 0 Å². The average molecular weight is 385 g/mol. The number of ether oxygens (including phenoxy) is 1. The molecule has 2 aromatic rings. The lowest BCUT2D eigenvalue weighted by atomic mass is 10.0. The molecule has 0 fully saturated rings. The molecule has 0 unspecified atom stereocenters. The van der Waals surface area contributed by atoms with Crippen LogP contribution in [0.4, 0.5) is 0 Å². The molecule has 4 bridgehead atoms. The van der Waals surface area contributed by atoms with Gasteiger partial charge in [-0.15, -0.1) is 5.10 Å². The summed E-state index contributed by atoms with van der Waals surface area (Å²) in [5, 5.41) is 11.1. The van der Waals surface area contributed by atoms with Gasteiger partial charge in [-0.25, -0.2) is 0 Å². The molecule has 0 spiro atoms. The van der Waals surface area contributed by atoms with E-state index in [0.29, 0.717) is 32.5 Å². The summed E-state index contributed by atoms with van der Waals surface area (Å²) in [6.45, 7) is 7.16. The second-order valence-corrected chi connectivity index (χ2v) is 7.94. The molecule has 0 saturated carbocycles. The SMILES string of the molecule is CC(C)(C)N1CC(=O)NCc2ccc(cc2)OCc2cn(nn2)CCCC1=O. The van der Waals surface area contributed by atoms with E-state index in [1.54, 1.807) is 9.58 Å². The number of benzene rings is 1. The van der Waals surface area contributed by atoms with E-state index in [1.165, 1.54) is 0 Å². The van der Waals surface area contributed by atoms with Crippen molar-refractivity contribution in [2.75, 3.05) is 6.54 Å². The van der Waals surface area contributed by atoms with Gasteiger partial charge in [-0.05, 0) is 44.9 Å². The predicted molar refractivity (Wildman–Crippen MR) is 103 cm³/mol. The van der Waals surface area contributed by atoms with E-state index in [2.05, 4.69) is 15.6 Å². The Hall–Kier alpha value is -2.90. The molecule has 1 N–H and O–H groups in total. The van der Waals surface area contributed by atoms with Crippen LogP contribution in [0.15, 0.2) is 30.5 Å². The van der Waals surface area contributed by atoms with E-state index < -0.39 is 5.54 Å². The highest BCUT2D eigenvalue weighted by Gasteiger charge is 2.28. The third-order valence-electron chi connectivity index (χ3n) is 4.58. The average Bonchev–Trinajstić information content (AvgIpc) is 3.09. The standard InChI is InChI=1S/C20H27N5O3/c1-20(2,3)25-13-18(26)21-11-15-6-8-17(9-7-15)28-14-16-12-24(23-22-16)10-4-5-19(25)27/h6-9,12H,4-5,10-11,13-14H2,1-3H3,(H,21,26). The minimum atomic E-state index is -0.436. The quantitative estimate of drug-likeness (QED) is 0.748. The lowest BCUT2D eigenvalue weighted by Crippen LogP contribution is -2.50. The molecule has 1 aromatic carbocycles. The van der Waals surface area contributed by atoms with Crippen molar-refractivity contribution in [1.29, 1.82) is 0 Å². The van der Waals surface area contributed by atoms with E-state index in [-0.39, 0.29) is 18.4 Å². The predicted octanol–water partition coefficient (Wildman–Crippen LogP) is 1.89. The van der Waals surface area contributed by atoms with Gasteiger partial charge in [0, 0.05) is 25.0 Å². The number of fused-ring (bicyclic) bond motifs is 11. The van der Waals surface area contributed by atoms with E-state index in [4.69, 9.17) is 4.74 Å². The highest BCUT2D eigenvalue weighted by Crippen LogP contribution is 2.17. The van der Waals surface area contributed by atoms with Crippen LogP contribution in [0.5, 0.6) is 5.75 Å². The molecule has 8 heteroatoms. The van der Waals surface area contributed by atoms with Gasteiger partial charge in [-0.3, -0.25) is 14.3 Å². The van der Waals surface area contributed by atoms with E-state index >= 15 is 0 Å². The number of nitrogens with one attached hydrogen (secondary N) is 1. The molecule has 2 aliphatic rings. The smallest absolute Gasteiger partial charge is 0.239 e. The van der Waals surface area contributed by atoms with Crippen LogP contribution in [0.2, 0.25) is 0 Å². The maximum atomic E-state index is 12.7. The lowest BCUT2D eigenvalue weighted by molar-refractivity contribution is -0.141. The first kappa shape index (κ1) is 19.9. The number of hydrogen-bond acceptors (Lipinski definition) is 5. The third-order valence-corrected chi connectivity index (χ3v) is 4.58. The van der Waals surface area contributed by atoms with Crippen molar-refractivity contribution in [1.82, 2.24) is 25.2 Å². The minimum Gasteiger partial charge on any atom is -0.487 e. The van der Waals surface area contributed by atoms with Crippen molar-refractivity contribution in [2.24, 2.45) is 0 Å². The second kappa shape index (κ2) is 8.41. The zero-order valence-corrected chi connectivity index (χ0v) is 16.6. The van der Waals surface area contributed by atoms with Gasteiger partial charge in [0.2, 0.25) is 11.8 Å². The number of carbonyl (C=O) groups excluding carboxylic acids is 2. The van der Waals surface area contributed by atoms with Crippen LogP contribution in [-0.4, -0.2) is 43.8 Å². The summed E-state index contributed by atoms with van der Waals surface area (Å²) in [7, 11) is 0. The van der Waals surface area contributed by atoms with Crippen LogP contribution < -0.4 is 10.1 Å². The molecule has 1 aromatic heterocycles. The summed E-state index contributed by atoms with van der Waals surface area (Å²) in [5.74, 6) is 0.512. The van der Waals surface area contributed by atoms with Crippen molar-refractivity contribution < 1.29 is 14.3 Å². The fraction of sp³-hybridized carbons (Fsp3) is 0.500. The Kier molecular flexibility index (Phi) is 5.96. The lowest BCUT2D eigenvalue weighted by Gasteiger charge is -2.35. The molecule has 0 radical (unpaired) electrons. The molecule has 0 aliphatic carbocycles. The highest BCUT2D eigenvalue weighted by molar-refractivity contribution is 5.85. The Balaban J connectivity index is 1.79. The Morgan fingerprint density at radius 1 is 1.14 bits per heavy atom. The number of amides is 2. The first-order valence-electron chi connectivity index (χ1n) is 9.49. The van der Waals surface area contributed by atoms with E-state index in [9.17, 15) is 9.59 Å². The molecular formula is C20H27N5O3. The first-order chi connectivity index (χ1) is 13.3. The Labute approximate surface area is 164 Å². The van der Waals surface area contributed by atoms with E-state index in [1.807, 2.05) is 51.2 Å². The second-order valence-electron chi connectivity index (χ2n) is 7.94. The summed E-state index contributed by atoms with van der Waals surface area (Å²) in [4.78, 5) is 26.8. The fourth-order valence-corrected chi connectivity index (χ4v) is 3.00.